The van der Waals surface area contributed by atoms with Crippen molar-refractivity contribution in [3.8, 4) is 0 Å². The van der Waals surface area contributed by atoms with E-state index in [1.165, 1.54) is 0 Å². The Balaban J connectivity index is 1.25. The van der Waals surface area contributed by atoms with Crippen molar-refractivity contribution in [1.29, 1.82) is 0 Å². The molecule has 5 rings (SSSR count). The predicted molar refractivity (Wildman–Crippen MR) is 161 cm³/mol. The van der Waals surface area contributed by atoms with Crippen LogP contribution in [-0.2, 0) is 9.59 Å². The molecule has 2 N–H and O–H groups in total. The van der Waals surface area contributed by atoms with E-state index in [4.69, 9.17) is 0 Å². The largest absolute Gasteiger partial charge is 0.351 e. The maximum atomic E-state index is 13.4. The highest BCUT2D eigenvalue weighted by molar-refractivity contribution is 5.79. The van der Waals surface area contributed by atoms with E-state index in [0.717, 1.165) is 47.9 Å². The summed E-state index contributed by atoms with van der Waals surface area (Å²) in [5.41, 5.74) is 4.52. The van der Waals surface area contributed by atoms with Gasteiger partial charge in [0.15, 0.2) is 0 Å². The highest BCUT2D eigenvalue weighted by atomic mass is 16.2. The van der Waals surface area contributed by atoms with Gasteiger partial charge in [0.25, 0.3) is 0 Å². The molecule has 2 atom stereocenters. The van der Waals surface area contributed by atoms with E-state index in [-0.39, 0.29) is 35.7 Å². The standard InChI is InChI=1S/C36H38N2O2/c39-35(25-31(27-15-5-1-6-16-27)28-17-7-2-8-18-28)37-33-23-13-14-24-34(33)38-36(40)26-32(29-19-9-3-10-20-29)30-21-11-4-12-22-30/h1-12,15-22,31-34H,13-14,23-26H2,(H,37,39)(H,38,40)/t33-,34+. The minimum absolute atomic E-state index is 0.0171. The van der Waals surface area contributed by atoms with Gasteiger partial charge >= 0.3 is 0 Å². The van der Waals surface area contributed by atoms with Gasteiger partial charge in [-0.3, -0.25) is 9.59 Å². The van der Waals surface area contributed by atoms with Crippen LogP contribution in [0.4, 0.5) is 0 Å². The van der Waals surface area contributed by atoms with Crippen molar-refractivity contribution >= 4 is 11.8 Å². The van der Waals surface area contributed by atoms with Crippen LogP contribution in [0.25, 0.3) is 0 Å². The van der Waals surface area contributed by atoms with E-state index in [1.807, 2.05) is 72.8 Å². The molecule has 204 valence electrons. The van der Waals surface area contributed by atoms with Crippen molar-refractivity contribution in [3.05, 3.63) is 144 Å². The maximum absolute atomic E-state index is 13.4. The first kappa shape index (κ1) is 27.4. The number of carbonyl (C=O) groups is 2. The summed E-state index contributed by atoms with van der Waals surface area (Å²) < 4.78 is 0. The SMILES string of the molecule is O=C(CC(c1ccccc1)c1ccccc1)N[C@H]1CCCC[C@H]1NC(=O)CC(c1ccccc1)c1ccccc1. The summed E-state index contributed by atoms with van der Waals surface area (Å²) in [6.07, 6.45) is 4.59. The van der Waals surface area contributed by atoms with Gasteiger partial charge < -0.3 is 10.6 Å². The smallest absolute Gasteiger partial charge is 0.221 e. The molecule has 4 nitrogen and oxygen atoms in total. The van der Waals surface area contributed by atoms with Crippen LogP contribution < -0.4 is 10.6 Å². The van der Waals surface area contributed by atoms with Crippen LogP contribution >= 0.6 is 0 Å². The van der Waals surface area contributed by atoms with Gasteiger partial charge in [0.2, 0.25) is 11.8 Å². The minimum Gasteiger partial charge on any atom is -0.351 e. The van der Waals surface area contributed by atoms with E-state index in [1.54, 1.807) is 0 Å². The molecule has 0 aliphatic heterocycles. The average molecular weight is 531 g/mol. The zero-order valence-electron chi connectivity index (χ0n) is 22.9. The molecular formula is C36H38N2O2. The molecular weight excluding hydrogens is 492 g/mol. The molecule has 0 bridgehead atoms. The van der Waals surface area contributed by atoms with Crippen LogP contribution in [0.1, 0.15) is 72.6 Å². The molecule has 0 unspecified atom stereocenters. The van der Waals surface area contributed by atoms with Crippen molar-refractivity contribution < 1.29 is 9.59 Å². The first-order valence-corrected chi connectivity index (χ1v) is 14.5. The Morgan fingerprint density at radius 2 is 0.775 bits per heavy atom. The fourth-order valence-electron chi connectivity index (χ4n) is 5.98. The third-order valence-electron chi connectivity index (χ3n) is 8.05. The number of hydrogen-bond acceptors (Lipinski definition) is 2. The molecule has 40 heavy (non-hydrogen) atoms. The fourth-order valence-corrected chi connectivity index (χ4v) is 5.98. The second-order valence-electron chi connectivity index (χ2n) is 10.8. The third kappa shape index (κ3) is 7.26. The van der Waals surface area contributed by atoms with Crippen LogP contribution in [0.15, 0.2) is 121 Å². The van der Waals surface area contributed by atoms with Crippen LogP contribution in [0.5, 0.6) is 0 Å². The molecule has 1 aliphatic rings. The number of nitrogens with one attached hydrogen (secondary N) is 2. The van der Waals surface area contributed by atoms with Gasteiger partial charge in [-0.25, -0.2) is 0 Å². The average Bonchev–Trinajstić information content (AvgIpc) is 3.01. The van der Waals surface area contributed by atoms with Gasteiger partial charge in [-0.05, 0) is 35.1 Å². The lowest BCUT2D eigenvalue weighted by Gasteiger charge is -2.33. The lowest BCUT2D eigenvalue weighted by molar-refractivity contribution is -0.125. The lowest BCUT2D eigenvalue weighted by atomic mass is 9.86. The van der Waals surface area contributed by atoms with Crippen molar-refractivity contribution in [2.24, 2.45) is 0 Å². The molecule has 4 aromatic carbocycles. The summed E-state index contributed by atoms with van der Waals surface area (Å²) in [4.78, 5) is 26.8. The number of hydrogen-bond donors (Lipinski definition) is 2. The van der Waals surface area contributed by atoms with Gasteiger partial charge in [-0.1, -0.05) is 134 Å². The zero-order valence-corrected chi connectivity index (χ0v) is 22.9. The second kappa shape index (κ2) is 13.7. The normalized spacial score (nSPS) is 16.9. The van der Waals surface area contributed by atoms with E-state index in [0.29, 0.717) is 12.8 Å². The predicted octanol–water partition coefficient (Wildman–Crippen LogP) is 6.97. The molecule has 4 heteroatoms. The van der Waals surface area contributed by atoms with E-state index < -0.39 is 0 Å². The Morgan fingerprint density at radius 1 is 0.500 bits per heavy atom. The zero-order chi connectivity index (χ0) is 27.6. The van der Waals surface area contributed by atoms with Crippen molar-refractivity contribution in [3.63, 3.8) is 0 Å². The number of amides is 2. The molecule has 0 spiro atoms. The van der Waals surface area contributed by atoms with Gasteiger partial charge in [-0.15, -0.1) is 0 Å². The Labute approximate surface area is 237 Å². The summed E-state index contributed by atoms with van der Waals surface area (Å²) in [5, 5.41) is 6.61. The van der Waals surface area contributed by atoms with E-state index in [9.17, 15) is 9.59 Å². The third-order valence-corrected chi connectivity index (χ3v) is 8.05. The maximum Gasteiger partial charge on any atom is 0.221 e. The first-order chi connectivity index (χ1) is 19.7. The van der Waals surface area contributed by atoms with Gasteiger partial charge in [0.05, 0.1) is 0 Å². The van der Waals surface area contributed by atoms with E-state index >= 15 is 0 Å². The van der Waals surface area contributed by atoms with Crippen molar-refractivity contribution in [1.82, 2.24) is 10.6 Å². The topological polar surface area (TPSA) is 58.2 Å². The number of carbonyl (C=O) groups excluding carboxylic acids is 2. The first-order valence-electron chi connectivity index (χ1n) is 14.5. The summed E-state index contributed by atoms with van der Waals surface area (Å²) >= 11 is 0. The fraction of sp³-hybridized carbons (Fsp3) is 0.278. The van der Waals surface area contributed by atoms with Gasteiger partial charge in [-0.2, -0.15) is 0 Å². The highest BCUT2D eigenvalue weighted by Gasteiger charge is 2.30. The Hall–Kier alpha value is -4.18. The minimum atomic E-state index is -0.0655. The Morgan fingerprint density at radius 3 is 1.05 bits per heavy atom. The van der Waals surface area contributed by atoms with Crippen LogP contribution in [0, 0.1) is 0 Å². The lowest BCUT2D eigenvalue weighted by Crippen LogP contribution is -2.53. The monoisotopic (exact) mass is 530 g/mol. The molecule has 2 amide bonds. The molecule has 0 heterocycles. The van der Waals surface area contributed by atoms with Gasteiger partial charge in [0.1, 0.15) is 0 Å². The Kier molecular flexibility index (Phi) is 9.41. The molecule has 1 aliphatic carbocycles. The highest BCUT2D eigenvalue weighted by Crippen LogP contribution is 2.30. The number of rotatable bonds is 10. The van der Waals surface area contributed by atoms with Crippen molar-refractivity contribution in [2.45, 2.75) is 62.4 Å². The molecule has 0 saturated heterocycles. The summed E-state index contributed by atoms with van der Waals surface area (Å²) in [7, 11) is 0. The summed E-state index contributed by atoms with van der Waals surface area (Å²) in [6, 6.07) is 40.8. The van der Waals surface area contributed by atoms with Crippen molar-refractivity contribution in [2.75, 3.05) is 0 Å². The molecule has 1 fully saturated rings. The number of benzene rings is 4. The summed E-state index contributed by atoms with van der Waals surface area (Å²) in [5.74, 6) is 0.0127. The molecule has 1 saturated carbocycles. The summed E-state index contributed by atoms with van der Waals surface area (Å²) in [6.45, 7) is 0. The van der Waals surface area contributed by atoms with Crippen LogP contribution in [-0.4, -0.2) is 23.9 Å². The second-order valence-corrected chi connectivity index (χ2v) is 10.8. The van der Waals surface area contributed by atoms with E-state index in [2.05, 4.69) is 59.2 Å². The quantitative estimate of drug-likeness (QED) is 0.233. The molecule has 4 aromatic rings. The van der Waals surface area contributed by atoms with Crippen LogP contribution in [0.2, 0.25) is 0 Å². The molecule has 0 radical (unpaired) electrons. The Bertz CT molecular complexity index is 1160. The molecule has 0 aromatic heterocycles. The van der Waals surface area contributed by atoms with Gasteiger partial charge in [0, 0.05) is 36.8 Å². The van der Waals surface area contributed by atoms with Crippen LogP contribution in [0.3, 0.4) is 0 Å².